The summed E-state index contributed by atoms with van der Waals surface area (Å²) in [6, 6.07) is 9.94. The number of carbonyl (C=O) groups is 2. The fourth-order valence-corrected chi connectivity index (χ4v) is 2.88. The van der Waals surface area contributed by atoms with Crippen LogP contribution in [0.1, 0.15) is 44.7 Å². The quantitative estimate of drug-likeness (QED) is 0.835. The van der Waals surface area contributed by atoms with E-state index in [-0.39, 0.29) is 17.9 Å². The van der Waals surface area contributed by atoms with E-state index in [4.69, 9.17) is 0 Å². The van der Waals surface area contributed by atoms with Crippen LogP contribution >= 0.6 is 0 Å². The minimum Gasteiger partial charge on any atom is -0.343 e. The van der Waals surface area contributed by atoms with Gasteiger partial charge in [0.2, 0.25) is 11.8 Å². The van der Waals surface area contributed by atoms with Crippen LogP contribution in [0.3, 0.4) is 0 Å². The van der Waals surface area contributed by atoms with E-state index in [1.165, 1.54) is 0 Å². The molecule has 0 N–H and O–H groups in total. The zero-order valence-corrected chi connectivity index (χ0v) is 12.9. The van der Waals surface area contributed by atoms with Crippen molar-refractivity contribution in [1.29, 1.82) is 0 Å². The zero-order chi connectivity index (χ0) is 15.2. The third-order valence-electron chi connectivity index (χ3n) is 4.18. The number of hydrogen-bond donors (Lipinski definition) is 0. The van der Waals surface area contributed by atoms with Crippen molar-refractivity contribution < 1.29 is 9.59 Å². The monoisotopic (exact) mass is 288 g/mol. The molecule has 0 saturated carbocycles. The second-order valence-corrected chi connectivity index (χ2v) is 5.64. The van der Waals surface area contributed by atoms with Crippen molar-refractivity contribution in [3.63, 3.8) is 0 Å². The third-order valence-corrected chi connectivity index (χ3v) is 4.18. The first kappa shape index (κ1) is 15.5. The molecular weight excluding hydrogens is 264 g/mol. The summed E-state index contributed by atoms with van der Waals surface area (Å²) in [6.07, 6.45) is 2.61. The van der Waals surface area contributed by atoms with Gasteiger partial charge in [-0.15, -0.1) is 0 Å². The molecule has 1 atom stereocenters. The SMILES string of the molecule is CC(=O)N(CCC(=O)N1CCCC1)C(C)c1ccccc1. The molecule has 1 heterocycles. The highest BCUT2D eigenvalue weighted by atomic mass is 16.2. The Labute approximate surface area is 126 Å². The maximum Gasteiger partial charge on any atom is 0.224 e. The summed E-state index contributed by atoms with van der Waals surface area (Å²) >= 11 is 0. The van der Waals surface area contributed by atoms with Crippen LogP contribution in [0.25, 0.3) is 0 Å². The Morgan fingerprint density at radius 3 is 2.38 bits per heavy atom. The number of nitrogens with zero attached hydrogens (tertiary/aromatic N) is 2. The lowest BCUT2D eigenvalue weighted by Gasteiger charge is -2.29. The highest BCUT2D eigenvalue weighted by molar-refractivity contribution is 5.78. The number of hydrogen-bond acceptors (Lipinski definition) is 2. The van der Waals surface area contributed by atoms with E-state index >= 15 is 0 Å². The lowest BCUT2D eigenvalue weighted by molar-refractivity contribution is -0.134. The minimum absolute atomic E-state index is 0.00456. The molecule has 0 aromatic heterocycles. The first-order valence-corrected chi connectivity index (χ1v) is 7.69. The van der Waals surface area contributed by atoms with Crippen molar-refractivity contribution in [2.24, 2.45) is 0 Å². The van der Waals surface area contributed by atoms with Crippen molar-refractivity contribution >= 4 is 11.8 Å². The number of carbonyl (C=O) groups excluding carboxylic acids is 2. The highest BCUT2D eigenvalue weighted by Gasteiger charge is 2.22. The van der Waals surface area contributed by atoms with E-state index in [0.717, 1.165) is 31.5 Å². The van der Waals surface area contributed by atoms with Gasteiger partial charge in [-0.2, -0.15) is 0 Å². The average molecular weight is 288 g/mol. The largest absolute Gasteiger partial charge is 0.343 e. The van der Waals surface area contributed by atoms with E-state index in [9.17, 15) is 9.59 Å². The average Bonchev–Trinajstić information content (AvgIpc) is 3.02. The molecular formula is C17H24N2O2. The van der Waals surface area contributed by atoms with Gasteiger partial charge in [-0.3, -0.25) is 9.59 Å². The second-order valence-electron chi connectivity index (χ2n) is 5.64. The van der Waals surface area contributed by atoms with E-state index in [2.05, 4.69) is 0 Å². The van der Waals surface area contributed by atoms with Gasteiger partial charge in [-0.1, -0.05) is 30.3 Å². The fraction of sp³-hybridized carbons (Fsp3) is 0.529. The Bertz CT molecular complexity index is 481. The summed E-state index contributed by atoms with van der Waals surface area (Å²) in [5.74, 6) is 0.180. The predicted molar refractivity (Wildman–Crippen MR) is 82.7 cm³/mol. The molecule has 1 aliphatic rings. The molecule has 2 rings (SSSR count). The smallest absolute Gasteiger partial charge is 0.224 e. The molecule has 0 bridgehead atoms. The lowest BCUT2D eigenvalue weighted by atomic mass is 10.1. The van der Waals surface area contributed by atoms with Gasteiger partial charge in [-0.25, -0.2) is 0 Å². The molecule has 1 fully saturated rings. The van der Waals surface area contributed by atoms with Gasteiger partial charge in [0.25, 0.3) is 0 Å². The van der Waals surface area contributed by atoms with E-state index < -0.39 is 0 Å². The molecule has 0 aliphatic carbocycles. The van der Waals surface area contributed by atoms with Crippen LogP contribution in [0.5, 0.6) is 0 Å². The molecule has 0 spiro atoms. The minimum atomic E-state index is -0.00456. The molecule has 1 aliphatic heterocycles. The van der Waals surface area contributed by atoms with Crippen molar-refractivity contribution in [3.05, 3.63) is 35.9 Å². The number of benzene rings is 1. The molecule has 1 saturated heterocycles. The van der Waals surface area contributed by atoms with Gasteiger partial charge >= 0.3 is 0 Å². The molecule has 4 nitrogen and oxygen atoms in total. The molecule has 2 amide bonds. The van der Waals surface area contributed by atoms with Crippen molar-refractivity contribution in [2.75, 3.05) is 19.6 Å². The van der Waals surface area contributed by atoms with E-state index in [1.807, 2.05) is 42.2 Å². The van der Waals surface area contributed by atoms with Crippen LogP contribution in [0, 0.1) is 0 Å². The molecule has 0 radical (unpaired) electrons. The summed E-state index contributed by atoms with van der Waals surface area (Å²) in [4.78, 5) is 27.7. The zero-order valence-electron chi connectivity index (χ0n) is 12.9. The van der Waals surface area contributed by atoms with Crippen LogP contribution in [-0.2, 0) is 9.59 Å². The van der Waals surface area contributed by atoms with Gasteiger partial charge in [-0.05, 0) is 25.3 Å². The van der Waals surface area contributed by atoms with Gasteiger partial charge < -0.3 is 9.80 Å². The normalized spacial score (nSPS) is 15.8. The van der Waals surface area contributed by atoms with Crippen molar-refractivity contribution in [2.45, 2.75) is 39.2 Å². The Morgan fingerprint density at radius 2 is 1.81 bits per heavy atom. The molecule has 1 aromatic rings. The Kier molecular flexibility index (Phi) is 5.37. The maximum atomic E-state index is 12.1. The van der Waals surface area contributed by atoms with E-state index in [0.29, 0.717) is 13.0 Å². The van der Waals surface area contributed by atoms with Crippen LogP contribution in [-0.4, -0.2) is 41.2 Å². The number of likely N-dealkylation sites (tertiary alicyclic amines) is 1. The topological polar surface area (TPSA) is 40.6 Å². The van der Waals surface area contributed by atoms with Crippen LogP contribution < -0.4 is 0 Å². The number of rotatable bonds is 5. The molecule has 114 valence electrons. The van der Waals surface area contributed by atoms with Gasteiger partial charge in [0.15, 0.2) is 0 Å². The molecule has 4 heteroatoms. The predicted octanol–water partition coefficient (Wildman–Crippen LogP) is 2.61. The highest BCUT2D eigenvalue weighted by Crippen LogP contribution is 2.20. The lowest BCUT2D eigenvalue weighted by Crippen LogP contribution is -2.36. The Hall–Kier alpha value is -1.84. The molecule has 1 unspecified atom stereocenters. The van der Waals surface area contributed by atoms with Crippen molar-refractivity contribution in [1.82, 2.24) is 9.80 Å². The van der Waals surface area contributed by atoms with Crippen LogP contribution in [0.15, 0.2) is 30.3 Å². The summed E-state index contributed by atoms with van der Waals surface area (Å²) in [6.45, 7) is 5.80. The van der Waals surface area contributed by atoms with Gasteiger partial charge in [0, 0.05) is 33.0 Å². The second kappa shape index (κ2) is 7.25. The standard InChI is InChI=1S/C17H24N2O2/c1-14(16-8-4-3-5-9-16)19(15(2)20)13-10-17(21)18-11-6-7-12-18/h3-5,8-9,14H,6-7,10-13H2,1-2H3. The first-order chi connectivity index (χ1) is 10.1. The molecule has 1 aromatic carbocycles. The summed E-state index contributed by atoms with van der Waals surface area (Å²) in [5, 5.41) is 0. The fourth-order valence-electron chi connectivity index (χ4n) is 2.88. The van der Waals surface area contributed by atoms with Crippen LogP contribution in [0.2, 0.25) is 0 Å². The first-order valence-electron chi connectivity index (χ1n) is 7.69. The summed E-state index contributed by atoms with van der Waals surface area (Å²) in [5.41, 5.74) is 1.10. The Morgan fingerprint density at radius 1 is 1.19 bits per heavy atom. The number of amides is 2. The van der Waals surface area contributed by atoms with Crippen LogP contribution in [0.4, 0.5) is 0 Å². The van der Waals surface area contributed by atoms with Gasteiger partial charge in [0.05, 0.1) is 6.04 Å². The van der Waals surface area contributed by atoms with Crippen molar-refractivity contribution in [3.8, 4) is 0 Å². The van der Waals surface area contributed by atoms with Gasteiger partial charge in [0.1, 0.15) is 0 Å². The maximum absolute atomic E-state index is 12.1. The molecule has 21 heavy (non-hydrogen) atoms. The summed E-state index contributed by atoms with van der Waals surface area (Å²) < 4.78 is 0. The third kappa shape index (κ3) is 4.06. The van der Waals surface area contributed by atoms with E-state index in [1.54, 1.807) is 11.8 Å². The summed E-state index contributed by atoms with van der Waals surface area (Å²) in [7, 11) is 0. The Balaban J connectivity index is 1.96.